The van der Waals surface area contributed by atoms with E-state index in [4.69, 9.17) is 4.74 Å². The van der Waals surface area contributed by atoms with Crippen LogP contribution in [-0.4, -0.2) is 63.0 Å². The third kappa shape index (κ3) is 10.1. The molecule has 10 aliphatic carbocycles. The molecule has 20 atom stereocenters. The van der Waals surface area contributed by atoms with Gasteiger partial charge in [-0.15, -0.1) is 0 Å². The van der Waals surface area contributed by atoms with E-state index in [9.17, 15) is 9.59 Å². The molecule has 10 aliphatic rings. The molecule has 3 amide bonds. The number of rotatable bonds is 12. The van der Waals surface area contributed by atoms with Crippen molar-refractivity contribution >= 4 is 23.7 Å². The van der Waals surface area contributed by atoms with Crippen LogP contribution in [0.5, 0.6) is 0 Å². The Balaban J connectivity index is 0.00000308. The second kappa shape index (κ2) is 23.9. The van der Waals surface area contributed by atoms with Crippen molar-refractivity contribution in [1.82, 2.24) is 21.3 Å². The predicted molar refractivity (Wildman–Crippen MR) is 309 cm³/mol. The maximum atomic E-state index is 15.2. The minimum atomic E-state index is -1.09. The maximum Gasteiger partial charge on any atom is 0.330 e. The third-order valence-corrected chi connectivity index (χ3v) is 28.5. The van der Waals surface area contributed by atoms with Crippen LogP contribution in [0.2, 0.25) is 0 Å². The molecule has 0 saturated heterocycles. The van der Waals surface area contributed by atoms with Crippen LogP contribution >= 0.6 is 0 Å². The van der Waals surface area contributed by atoms with E-state index in [2.05, 4.69) is 130 Å². The van der Waals surface area contributed by atoms with Crippen LogP contribution in [0.25, 0.3) is 0 Å². The van der Waals surface area contributed by atoms with Gasteiger partial charge in [0.05, 0.1) is 17.9 Å². The Morgan fingerprint density at radius 1 is 0.512 bits per heavy atom. The topological polar surface area (TPSA) is 126 Å². The Labute approximate surface area is 562 Å². The summed E-state index contributed by atoms with van der Waals surface area (Å²) in [6.45, 7) is 39.4. The first kappa shape index (κ1) is 68.1. The van der Waals surface area contributed by atoms with Gasteiger partial charge in [-0.3, -0.25) is 14.4 Å². The monoisotopic (exact) mass is 1330 g/mol. The van der Waals surface area contributed by atoms with Crippen LogP contribution in [0.4, 0.5) is 0 Å². The van der Waals surface area contributed by atoms with Crippen molar-refractivity contribution in [2.45, 2.75) is 224 Å². The first-order chi connectivity index (χ1) is 36.0. The Bertz CT molecular complexity index is 2400. The SMILES string of the molecule is C=C(C)C1CCC2(C(=O)NCC(NC)C(=O)NC(CNC(=O)C34CCC(C(=C)C)C3C3CCC5C6(C)CC[CH-]C(C)(C)C6CCC5(C)C3(C)CC4)C(=O)OC)CCC3(C)C(CCC4C5(C)CC[CH-]C(C)(C)C5CCC43C)C12.[Y].[Y].[Y]. The Morgan fingerprint density at radius 2 is 0.912 bits per heavy atom. The maximum absolute atomic E-state index is 15.2. The minimum absolute atomic E-state index is 0. The van der Waals surface area contributed by atoms with Crippen molar-refractivity contribution in [3.63, 3.8) is 0 Å². The van der Waals surface area contributed by atoms with Gasteiger partial charge in [0, 0.05) is 111 Å². The van der Waals surface area contributed by atoms with Gasteiger partial charge in [0.2, 0.25) is 17.7 Å². The molecule has 12 heteroatoms. The zero-order valence-electron chi connectivity index (χ0n) is 52.8. The number of esters is 1. The van der Waals surface area contributed by atoms with Crippen molar-refractivity contribution in [3.05, 3.63) is 37.1 Å². The standard InChI is InChI=1S/C68H108N4O5.3Y/c1-41(2)43-23-33-67(37-35-63(11)45(53(43)67)19-21-51-61(9)29-17-27-59(5,6)49(61)25-31-65(51,63)13)57(75)70-39-47(69-15)55(73)72-48(56(74)77-16)40-71-58(76)68-34-24-44(42(3)4)54(68)46-20-22-52-62(10)30-18-28-60(7,8)50(62)26-32-66(52,14)64(46,12)36-38-68;;;/h27-28,43-54,69H,1,3,17-26,29-40H2,2,4-16H3,(H,70,75)(H,71,76)(H,72,73);;;/q-2;;;. The molecule has 10 fully saturated rings. The van der Waals surface area contributed by atoms with Crippen LogP contribution in [0.3, 0.4) is 0 Å². The number of likely N-dealkylation sites (N-methyl/N-ethyl adjacent to an activating group) is 1. The quantitative estimate of drug-likeness (QED) is 0.0876. The van der Waals surface area contributed by atoms with Gasteiger partial charge >= 0.3 is 5.97 Å². The number of carbonyl (C=O) groups excluding carboxylic acids is 4. The molecule has 0 aromatic rings. The number of methoxy groups -OCH3 is 1. The van der Waals surface area contributed by atoms with Crippen LogP contribution < -0.4 is 21.3 Å². The molecule has 0 aliphatic heterocycles. The van der Waals surface area contributed by atoms with E-state index in [1.54, 1.807) is 7.05 Å². The van der Waals surface area contributed by atoms with Crippen molar-refractivity contribution in [3.8, 4) is 0 Å². The fourth-order valence-corrected chi connectivity index (χ4v) is 24.4. The van der Waals surface area contributed by atoms with E-state index < -0.39 is 34.8 Å². The third-order valence-electron chi connectivity index (χ3n) is 28.5. The summed E-state index contributed by atoms with van der Waals surface area (Å²) in [6, 6.07) is -1.90. The molecule has 0 bridgehead atoms. The summed E-state index contributed by atoms with van der Waals surface area (Å²) in [7, 11) is 3.06. The summed E-state index contributed by atoms with van der Waals surface area (Å²) >= 11 is 0. The molecule has 3 radical (unpaired) electrons. The number of ether oxygens (including phenoxy) is 1. The smallest absolute Gasteiger partial charge is 0.330 e. The molecule has 9 nitrogen and oxygen atoms in total. The second-order valence-corrected chi connectivity index (χ2v) is 31.7. The minimum Gasteiger partial charge on any atom is -0.467 e. The fourth-order valence-electron chi connectivity index (χ4n) is 24.4. The predicted octanol–water partition coefficient (Wildman–Crippen LogP) is 13.2. The number of hydrogen-bond donors (Lipinski definition) is 4. The molecule has 0 aromatic carbocycles. The largest absolute Gasteiger partial charge is 0.467 e. The average Bonchev–Trinajstić information content (AvgIpc) is 3.99. The number of nitrogens with one attached hydrogen (secondary N) is 4. The fraction of sp³-hybridized carbons (Fsp3) is 0.853. The van der Waals surface area contributed by atoms with Crippen LogP contribution in [0.1, 0.15) is 212 Å². The zero-order chi connectivity index (χ0) is 55.9. The molecule has 441 valence electrons. The van der Waals surface area contributed by atoms with Crippen molar-refractivity contribution in [2.75, 3.05) is 27.2 Å². The van der Waals surface area contributed by atoms with Crippen LogP contribution in [0.15, 0.2) is 24.3 Å². The molecular weight excluding hydrogens is 1220 g/mol. The van der Waals surface area contributed by atoms with Gasteiger partial charge in [-0.2, -0.15) is 23.7 Å². The molecule has 0 spiro atoms. The Morgan fingerprint density at radius 3 is 1.29 bits per heavy atom. The van der Waals surface area contributed by atoms with Crippen molar-refractivity contribution in [2.24, 2.45) is 113 Å². The van der Waals surface area contributed by atoms with Gasteiger partial charge in [0.15, 0.2) is 0 Å². The van der Waals surface area contributed by atoms with E-state index in [1.165, 1.54) is 82.5 Å². The molecule has 20 unspecified atom stereocenters. The van der Waals surface area contributed by atoms with Gasteiger partial charge < -0.3 is 38.8 Å². The number of allylic oxidation sites excluding steroid dienone is 2. The summed E-state index contributed by atoms with van der Waals surface area (Å²) in [5.74, 6) is 3.57. The molecule has 4 N–H and O–H groups in total. The van der Waals surface area contributed by atoms with E-state index in [0.29, 0.717) is 52.3 Å². The van der Waals surface area contributed by atoms with E-state index in [-0.39, 0.29) is 173 Å². The van der Waals surface area contributed by atoms with Gasteiger partial charge in [-0.05, 0) is 191 Å². The number of amides is 3. The van der Waals surface area contributed by atoms with Gasteiger partial charge in [0.1, 0.15) is 12.1 Å². The Kier molecular flexibility index (Phi) is 20.3. The van der Waals surface area contributed by atoms with Gasteiger partial charge in [-0.25, -0.2) is 4.79 Å². The van der Waals surface area contributed by atoms with Crippen LogP contribution in [0, 0.1) is 126 Å². The molecule has 0 heterocycles. The van der Waals surface area contributed by atoms with E-state index in [1.807, 2.05) is 0 Å². The Hall–Kier alpha value is 0.632. The molecule has 80 heavy (non-hydrogen) atoms. The summed E-state index contributed by atoms with van der Waals surface area (Å²) < 4.78 is 5.31. The normalized spacial score (nSPS) is 45.9. The number of fused-ring (bicyclic) bond motifs is 14. The molecule has 10 saturated carbocycles. The first-order valence-corrected chi connectivity index (χ1v) is 31.6. The zero-order valence-corrected chi connectivity index (χ0v) is 61.3. The number of hydrogen-bond acceptors (Lipinski definition) is 6. The summed E-state index contributed by atoms with van der Waals surface area (Å²) in [6.07, 6.45) is 27.3. The second-order valence-electron chi connectivity index (χ2n) is 31.7. The molecular formula is C68H108N4O5Y3-2. The summed E-state index contributed by atoms with van der Waals surface area (Å²) in [5.41, 5.74) is 3.05. The van der Waals surface area contributed by atoms with Crippen LogP contribution in [-0.2, 0) is 122 Å². The van der Waals surface area contributed by atoms with E-state index in [0.717, 1.165) is 64.2 Å². The van der Waals surface area contributed by atoms with E-state index >= 15 is 9.59 Å². The summed E-state index contributed by atoms with van der Waals surface area (Å²) in [4.78, 5) is 58.4. The van der Waals surface area contributed by atoms with Gasteiger partial charge in [0.25, 0.3) is 0 Å². The number of carbonyl (C=O) groups is 4. The first-order valence-electron chi connectivity index (χ1n) is 31.6. The van der Waals surface area contributed by atoms with Gasteiger partial charge in [-0.1, -0.05) is 131 Å². The van der Waals surface area contributed by atoms with Crippen molar-refractivity contribution in [1.29, 1.82) is 0 Å². The van der Waals surface area contributed by atoms with Crippen molar-refractivity contribution < 1.29 is 122 Å². The summed E-state index contributed by atoms with van der Waals surface area (Å²) in [5, 5.41) is 12.8. The molecule has 10 rings (SSSR count). The average molecular weight is 1330 g/mol. The molecule has 0 aromatic heterocycles.